The summed E-state index contributed by atoms with van der Waals surface area (Å²) in [5, 5.41) is 7.71. The smallest absolute Gasteiger partial charge is 0.251 e. The largest absolute Gasteiger partial charge is 0.379 e. The van der Waals surface area contributed by atoms with Gasteiger partial charge < -0.3 is 10.1 Å². The molecule has 116 valence electrons. The summed E-state index contributed by atoms with van der Waals surface area (Å²) >= 11 is 0. The SMILES string of the molecule is CC1(NC(=O)c2cc(F)cc(S(N)(=O)=O)c2)CCCOC1. The molecular weight excluding hydrogens is 299 g/mol. The van der Waals surface area contributed by atoms with E-state index >= 15 is 0 Å². The predicted molar refractivity (Wildman–Crippen MR) is 73.7 cm³/mol. The van der Waals surface area contributed by atoms with Crippen LogP contribution in [-0.2, 0) is 14.8 Å². The van der Waals surface area contributed by atoms with Gasteiger partial charge in [-0.05, 0) is 38.0 Å². The maximum absolute atomic E-state index is 13.5. The van der Waals surface area contributed by atoms with Gasteiger partial charge >= 0.3 is 0 Å². The Hall–Kier alpha value is -1.51. The first-order valence-corrected chi connectivity index (χ1v) is 7.98. The first-order chi connectivity index (χ1) is 9.70. The van der Waals surface area contributed by atoms with Crippen molar-refractivity contribution in [2.24, 2.45) is 5.14 Å². The van der Waals surface area contributed by atoms with Gasteiger partial charge in [-0.2, -0.15) is 0 Å². The highest BCUT2D eigenvalue weighted by Crippen LogP contribution is 2.20. The fourth-order valence-electron chi connectivity index (χ4n) is 2.24. The van der Waals surface area contributed by atoms with Crippen LogP contribution in [0, 0.1) is 5.82 Å². The van der Waals surface area contributed by atoms with E-state index in [4.69, 9.17) is 9.88 Å². The Labute approximate surface area is 122 Å². The van der Waals surface area contributed by atoms with Gasteiger partial charge in [0.2, 0.25) is 10.0 Å². The van der Waals surface area contributed by atoms with Crippen LogP contribution in [0.5, 0.6) is 0 Å². The lowest BCUT2D eigenvalue weighted by atomic mass is 9.94. The summed E-state index contributed by atoms with van der Waals surface area (Å²) < 4.78 is 41.3. The third-order valence-corrected chi connectivity index (χ3v) is 4.21. The zero-order chi connectivity index (χ0) is 15.7. The van der Waals surface area contributed by atoms with Crippen molar-refractivity contribution in [2.45, 2.75) is 30.2 Å². The molecule has 1 amide bonds. The van der Waals surface area contributed by atoms with E-state index in [2.05, 4.69) is 5.32 Å². The maximum Gasteiger partial charge on any atom is 0.251 e. The van der Waals surface area contributed by atoms with E-state index in [1.807, 2.05) is 6.92 Å². The van der Waals surface area contributed by atoms with Crippen molar-refractivity contribution in [1.29, 1.82) is 0 Å². The van der Waals surface area contributed by atoms with Crippen LogP contribution in [0.4, 0.5) is 4.39 Å². The lowest BCUT2D eigenvalue weighted by Crippen LogP contribution is -2.51. The first kappa shape index (κ1) is 15.9. The number of sulfonamides is 1. The van der Waals surface area contributed by atoms with E-state index < -0.39 is 32.2 Å². The van der Waals surface area contributed by atoms with Gasteiger partial charge in [-0.1, -0.05) is 0 Å². The first-order valence-electron chi connectivity index (χ1n) is 6.43. The standard InChI is InChI=1S/C13H17FN2O4S/c1-13(3-2-4-20-8-13)16-12(17)9-5-10(14)7-11(6-9)21(15,18)19/h5-7H,2-4,8H2,1H3,(H,16,17)(H2,15,18,19). The molecule has 6 nitrogen and oxygen atoms in total. The minimum atomic E-state index is -4.07. The summed E-state index contributed by atoms with van der Waals surface area (Å²) in [6.45, 7) is 2.82. The minimum Gasteiger partial charge on any atom is -0.379 e. The van der Waals surface area contributed by atoms with E-state index in [9.17, 15) is 17.6 Å². The lowest BCUT2D eigenvalue weighted by Gasteiger charge is -2.34. The number of hydrogen-bond donors (Lipinski definition) is 2. The molecule has 1 aliphatic rings. The van der Waals surface area contributed by atoms with Gasteiger partial charge in [-0.3, -0.25) is 4.79 Å². The van der Waals surface area contributed by atoms with Gasteiger partial charge in [0.1, 0.15) is 5.82 Å². The monoisotopic (exact) mass is 316 g/mol. The molecule has 8 heteroatoms. The van der Waals surface area contributed by atoms with E-state index in [1.165, 1.54) is 0 Å². The number of hydrogen-bond acceptors (Lipinski definition) is 4. The number of amides is 1. The summed E-state index contributed by atoms with van der Waals surface area (Å²) in [7, 11) is -4.07. The normalized spacial score (nSPS) is 22.8. The third kappa shape index (κ3) is 3.99. The number of halogens is 1. The zero-order valence-electron chi connectivity index (χ0n) is 11.6. The Morgan fingerprint density at radius 3 is 2.71 bits per heavy atom. The van der Waals surface area contributed by atoms with E-state index in [1.54, 1.807) is 0 Å². The fraction of sp³-hybridized carbons (Fsp3) is 0.462. The number of carbonyl (C=O) groups excluding carboxylic acids is 1. The molecule has 0 bridgehead atoms. The molecule has 1 aliphatic heterocycles. The molecule has 0 saturated carbocycles. The van der Waals surface area contributed by atoms with Crippen LogP contribution in [0.25, 0.3) is 0 Å². The van der Waals surface area contributed by atoms with Crippen molar-refractivity contribution >= 4 is 15.9 Å². The number of nitrogens with two attached hydrogens (primary N) is 1. The molecule has 1 unspecified atom stereocenters. The molecule has 21 heavy (non-hydrogen) atoms. The number of ether oxygens (including phenoxy) is 1. The highest BCUT2D eigenvalue weighted by Gasteiger charge is 2.30. The minimum absolute atomic E-state index is 0.0918. The van der Waals surface area contributed by atoms with Gasteiger partial charge in [0.05, 0.1) is 17.0 Å². The van der Waals surface area contributed by atoms with Crippen molar-refractivity contribution in [2.75, 3.05) is 13.2 Å². The quantitative estimate of drug-likeness (QED) is 0.860. The van der Waals surface area contributed by atoms with E-state index in [-0.39, 0.29) is 5.56 Å². The fourth-order valence-corrected chi connectivity index (χ4v) is 2.81. The molecule has 1 fully saturated rings. The average Bonchev–Trinajstić information content (AvgIpc) is 2.37. The second-order valence-electron chi connectivity index (χ2n) is 5.39. The van der Waals surface area contributed by atoms with Crippen LogP contribution < -0.4 is 10.5 Å². The van der Waals surface area contributed by atoms with E-state index in [0.29, 0.717) is 13.2 Å². The van der Waals surface area contributed by atoms with Crippen molar-refractivity contribution in [3.05, 3.63) is 29.6 Å². The molecule has 1 aromatic rings. The Kier molecular flexibility index (Phi) is 4.31. The van der Waals surface area contributed by atoms with Crippen LogP contribution in [0.3, 0.4) is 0 Å². The second-order valence-corrected chi connectivity index (χ2v) is 6.95. The van der Waals surface area contributed by atoms with Gasteiger partial charge in [0, 0.05) is 12.2 Å². The Bertz CT molecular complexity index is 654. The third-order valence-electron chi connectivity index (χ3n) is 3.32. The lowest BCUT2D eigenvalue weighted by molar-refractivity contribution is 0.0272. The molecule has 0 aliphatic carbocycles. The molecule has 1 heterocycles. The van der Waals surface area contributed by atoms with Crippen LogP contribution in [0.2, 0.25) is 0 Å². The molecule has 0 aromatic heterocycles. The van der Waals surface area contributed by atoms with Crippen molar-refractivity contribution < 1.29 is 22.3 Å². The Balaban J connectivity index is 2.25. The van der Waals surface area contributed by atoms with Gasteiger partial charge in [-0.15, -0.1) is 0 Å². The number of primary sulfonamides is 1. The van der Waals surface area contributed by atoms with Crippen LogP contribution in [0.15, 0.2) is 23.1 Å². The highest BCUT2D eigenvalue weighted by atomic mass is 32.2. The summed E-state index contributed by atoms with van der Waals surface area (Å²) in [6.07, 6.45) is 1.54. The summed E-state index contributed by atoms with van der Waals surface area (Å²) in [6, 6.07) is 2.80. The molecule has 0 radical (unpaired) electrons. The molecule has 3 N–H and O–H groups in total. The summed E-state index contributed by atoms with van der Waals surface area (Å²) in [4.78, 5) is 11.7. The van der Waals surface area contributed by atoms with E-state index in [0.717, 1.165) is 31.0 Å². The van der Waals surface area contributed by atoms with Crippen molar-refractivity contribution in [3.8, 4) is 0 Å². The van der Waals surface area contributed by atoms with Gasteiger partial charge in [0.25, 0.3) is 5.91 Å². The van der Waals surface area contributed by atoms with Crippen LogP contribution in [-0.4, -0.2) is 33.1 Å². The summed E-state index contributed by atoms with van der Waals surface area (Å²) in [5.74, 6) is -1.40. The number of rotatable bonds is 3. The molecule has 1 saturated heterocycles. The van der Waals surface area contributed by atoms with Crippen molar-refractivity contribution in [1.82, 2.24) is 5.32 Å². The Morgan fingerprint density at radius 1 is 1.43 bits per heavy atom. The van der Waals surface area contributed by atoms with Crippen LogP contribution in [0.1, 0.15) is 30.1 Å². The molecule has 0 spiro atoms. The maximum atomic E-state index is 13.5. The van der Waals surface area contributed by atoms with Gasteiger partial charge in [0.15, 0.2) is 0 Å². The average molecular weight is 316 g/mol. The Morgan fingerprint density at radius 2 is 2.14 bits per heavy atom. The number of nitrogens with one attached hydrogen (secondary N) is 1. The molecule has 1 atom stereocenters. The molecule has 1 aromatic carbocycles. The number of carbonyl (C=O) groups is 1. The highest BCUT2D eigenvalue weighted by molar-refractivity contribution is 7.89. The van der Waals surface area contributed by atoms with Crippen LogP contribution >= 0.6 is 0 Å². The summed E-state index contributed by atoms with van der Waals surface area (Å²) in [5.41, 5.74) is -0.644. The topological polar surface area (TPSA) is 98.5 Å². The molecule has 2 rings (SSSR count). The predicted octanol–water partition coefficient (Wildman–Crippen LogP) is 0.772. The van der Waals surface area contributed by atoms with Crippen molar-refractivity contribution in [3.63, 3.8) is 0 Å². The van der Waals surface area contributed by atoms with Gasteiger partial charge in [-0.25, -0.2) is 17.9 Å². The second kappa shape index (κ2) is 5.70. The zero-order valence-corrected chi connectivity index (χ0v) is 12.4. The number of benzene rings is 1. The molecular formula is C13H17FN2O4S.